The van der Waals surface area contributed by atoms with Crippen LogP contribution in [0.25, 0.3) is 0 Å². The summed E-state index contributed by atoms with van der Waals surface area (Å²) in [6, 6.07) is 36.7. The fourth-order valence-electron chi connectivity index (χ4n) is 3.84. The third kappa shape index (κ3) is 4.81. The molecule has 0 aliphatic rings. The van der Waals surface area contributed by atoms with E-state index in [1.165, 1.54) is 0 Å². The summed E-state index contributed by atoms with van der Waals surface area (Å²) in [6.07, 6.45) is 0.554. The lowest BCUT2D eigenvalue weighted by Gasteiger charge is -2.36. The zero-order chi connectivity index (χ0) is 22.4. The molecule has 4 aromatic rings. The van der Waals surface area contributed by atoms with Crippen LogP contribution in [0.4, 0.5) is 0 Å². The molecular weight excluding hydrogens is 416 g/mol. The Labute approximate surface area is 190 Å². The van der Waals surface area contributed by atoms with Crippen molar-refractivity contribution in [1.82, 2.24) is 10.3 Å². The molecule has 4 rings (SSSR count). The molecule has 0 atom stereocenters. The predicted molar refractivity (Wildman–Crippen MR) is 128 cm³/mol. The van der Waals surface area contributed by atoms with Crippen molar-refractivity contribution in [3.63, 3.8) is 0 Å². The van der Waals surface area contributed by atoms with E-state index in [2.05, 4.69) is 22.4 Å². The van der Waals surface area contributed by atoms with Crippen molar-refractivity contribution >= 4 is 10.0 Å². The zero-order valence-corrected chi connectivity index (χ0v) is 18.7. The van der Waals surface area contributed by atoms with Gasteiger partial charge in [0, 0.05) is 6.42 Å². The molecule has 4 aromatic carbocycles. The highest BCUT2D eigenvalue weighted by molar-refractivity contribution is 7.89. The van der Waals surface area contributed by atoms with Crippen molar-refractivity contribution in [3.05, 3.63) is 138 Å². The van der Waals surface area contributed by atoms with Crippen molar-refractivity contribution in [3.8, 4) is 0 Å². The topological polar surface area (TPSA) is 58.2 Å². The quantitative estimate of drug-likeness (QED) is 0.379. The number of hydrogen-bond acceptors (Lipinski definition) is 3. The Balaban J connectivity index is 1.80. The van der Waals surface area contributed by atoms with Gasteiger partial charge >= 0.3 is 0 Å². The van der Waals surface area contributed by atoms with Crippen LogP contribution in [0.3, 0.4) is 0 Å². The normalized spacial score (nSPS) is 11.9. The first-order valence-electron chi connectivity index (χ1n) is 10.5. The van der Waals surface area contributed by atoms with Crippen LogP contribution in [0.5, 0.6) is 0 Å². The molecule has 0 bridgehead atoms. The molecule has 0 saturated heterocycles. The van der Waals surface area contributed by atoms with Crippen LogP contribution in [-0.4, -0.2) is 8.42 Å². The second kappa shape index (κ2) is 9.49. The maximum Gasteiger partial charge on any atom is 0.253 e. The molecule has 0 aliphatic carbocycles. The monoisotopic (exact) mass is 442 g/mol. The average Bonchev–Trinajstić information content (AvgIpc) is 2.84. The largest absolute Gasteiger partial charge is 0.253 e. The summed E-state index contributed by atoms with van der Waals surface area (Å²) < 4.78 is 26.3. The van der Waals surface area contributed by atoms with Crippen LogP contribution in [0.15, 0.2) is 120 Å². The minimum Gasteiger partial charge on any atom is -0.228 e. The van der Waals surface area contributed by atoms with E-state index < -0.39 is 15.6 Å². The molecule has 0 heterocycles. The Morgan fingerprint density at radius 2 is 1.12 bits per heavy atom. The Kier molecular flexibility index (Phi) is 6.51. The number of hydrogen-bond donors (Lipinski definition) is 2. The maximum absolute atomic E-state index is 13.1. The van der Waals surface area contributed by atoms with Gasteiger partial charge in [0.25, 0.3) is 10.0 Å². The molecule has 0 radical (unpaired) electrons. The Morgan fingerprint density at radius 1 is 0.656 bits per heavy atom. The molecule has 0 aliphatic heterocycles. The van der Waals surface area contributed by atoms with E-state index >= 15 is 0 Å². The first-order chi connectivity index (χ1) is 15.5. The highest BCUT2D eigenvalue weighted by atomic mass is 32.2. The Hall–Kier alpha value is -3.25. The molecule has 2 N–H and O–H groups in total. The van der Waals surface area contributed by atoms with E-state index in [4.69, 9.17) is 0 Å². The van der Waals surface area contributed by atoms with Crippen molar-refractivity contribution < 1.29 is 8.42 Å². The maximum atomic E-state index is 13.1. The minimum absolute atomic E-state index is 0.213. The van der Waals surface area contributed by atoms with Crippen molar-refractivity contribution in [2.45, 2.75) is 23.8 Å². The lowest BCUT2D eigenvalue weighted by Crippen LogP contribution is -2.54. The van der Waals surface area contributed by atoms with Gasteiger partial charge in [-0.1, -0.05) is 109 Å². The van der Waals surface area contributed by atoms with Crippen LogP contribution < -0.4 is 10.3 Å². The highest BCUT2D eigenvalue weighted by Crippen LogP contribution is 2.33. The summed E-state index contributed by atoms with van der Waals surface area (Å²) in [6.45, 7) is 1.93. The predicted octanol–water partition coefficient (Wildman–Crippen LogP) is 4.96. The fourth-order valence-corrected chi connectivity index (χ4v) is 4.76. The molecule has 4 nitrogen and oxygen atoms in total. The first-order valence-corrected chi connectivity index (χ1v) is 12.0. The van der Waals surface area contributed by atoms with Gasteiger partial charge in [-0.15, -0.1) is 4.83 Å². The van der Waals surface area contributed by atoms with Gasteiger partial charge < -0.3 is 0 Å². The van der Waals surface area contributed by atoms with Gasteiger partial charge in [-0.3, -0.25) is 0 Å². The summed E-state index contributed by atoms with van der Waals surface area (Å²) >= 11 is 0. The van der Waals surface area contributed by atoms with Crippen molar-refractivity contribution in [2.75, 3.05) is 0 Å². The van der Waals surface area contributed by atoms with Gasteiger partial charge in [0.15, 0.2) is 0 Å². The van der Waals surface area contributed by atoms with Crippen molar-refractivity contribution in [1.29, 1.82) is 0 Å². The highest BCUT2D eigenvalue weighted by Gasteiger charge is 2.35. The molecule has 0 aromatic heterocycles. The standard InChI is InChI=1S/C27H26N2O2S/c1-22-17-19-26(20-18-22)32(30,31)29-28-27(24-13-7-3-8-14-24,25-15-9-4-10-16-25)21-23-11-5-2-6-12-23/h2-20,28-29H,21H2,1H3. The molecule has 5 heteroatoms. The average molecular weight is 443 g/mol. The second-order valence-electron chi connectivity index (χ2n) is 7.84. The Morgan fingerprint density at radius 3 is 1.62 bits per heavy atom. The second-order valence-corrected chi connectivity index (χ2v) is 9.53. The molecule has 0 fully saturated rings. The van der Waals surface area contributed by atoms with Crippen LogP contribution >= 0.6 is 0 Å². The summed E-state index contributed by atoms with van der Waals surface area (Å²) in [4.78, 5) is 2.89. The van der Waals surface area contributed by atoms with Gasteiger partial charge in [0.1, 0.15) is 0 Å². The van der Waals surface area contributed by atoms with E-state index in [9.17, 15) is 8.42 Å². The number of benzene rings is 4. The smallest absolute Gasteiger partial charge is 0.228 e. The molecular formula is C27H26N2O2S. The number of nitrogens with one attached hydrogen (secondary N) is 2. The van der Waals surface area contributed by atoms with E-state index in [1.807, 2.05) is 85.8 Å². The summed E-state index contributed by atoms with van der Waals surface area (Å²) in [5, 5.41) is 0. The lowest BCUT2D eigenvalue weighted by atomic mass is 9.78. The van der Waals surface area contributed by atoms with Gasteiger partial charge in [-0.25, -0.2) is 13.8 Å². The number of sulfonamides is 1. The molecule has 0 saturated carbocycles. The zero-order valence-electron chi connectivity index (χ0n) is 17.9. The number of rotatable bonds is 8. The van der Waals surface area contributed by atoms with Crippen LogP contribution in [0.1, 0.15) is 22.3 Å². The lowest BCUT2D eigenvalue weighted by molar-refractivity contribution is 0.376. The molecule has 162 valence electrons. The third-order valence-electron chi connectivity index (χ3n) is 5.58. The minimum atomic E-state index is -3.78. The van der Waals surface area contributed by atoms with Crippen LogP contribution in [0.2, 0.25) is 0 Å². The fraction of sp³-hybridized carbons (Fsp3) is 0.111. The van der Waals surface area contributed by atoms with E-state index in [-0.39, 0.29) is 4.90 Å². The van der Waals surface area contributed by atoms with Gasteiger partial charge in [0.2, 0.25) is 0 Å². The summed E-state index contributed by atoms with van der Waals surface area (Å²) in [5.74, 6) is 0. The molecule has 0 spiro atoms. The van der Waals surface area contributed by atoms with Crippen LogP contribution in [-0.2, 0) is 22.0 Å². The van der Waals surface area contributed by atoms with E-state index in [1.54, 1.807) is 24.3 Å². The number of hydrazine groups is 1. The van der Waals surface area contributed by atoms with Gasteiger partial charge in [-0.2, -0.15) is 0 Å². The molecule has 0 unspecified atom stereocenters. The first kappa shape index (κ1) is 22.0. The van der Waals surface area contributed by atoms with Gasteiger partial charge in [-0.05, 0) is 35.7 Å². The molecule has 0 amide bonds. The van der Waals surface area contributed by atoms with E-state index in [0.717, 1.165) is 22.3 Å². The third-order valence-corrected chi connectivity index (χ3v) is 6.84. The number of aryl methyl sites for hydroxylation is 1. The van der Waals surface area contributed by atoms with E-state index in [0.29, 0.717) is 6.42 Å². The molecule has 32 heavy (non-hydrogen) atoms. The van der Waals surface area contributed by atoms with Crippen LogP contribution in [0, 0.1) is 6.92 Å². The van der Waals surface area contributed by atoms with Gasteiger partial charge in [0.05, 0.1) is 10.4 Å². The summed E-state index contributed by atoms with van der Waals surface area (Å²) in [7, 11) is -3.78. The Bertz CT molecular complexity index is 1200. The van der Waals surface area contributed by atoms with Crippen molar-refractivity contribution in [2.24, 2.45) is 0 Å². The SMILES string of the molecule is Cc1ccc(S(=O)(=O)NNC(Cc2ccccc2)(c2ccccc2)c2ccccc2)cc1. The summed E-state index contributed by atoms with van der Waals surface area (Å²) in [5.41, 5.74) is 6.42.